The average Bonchev–Trinajstić information content (AvgIpc) is 3.38. The monoisotopic (exact) mass is 522 g/mol. The van der Waals surface area contributed by atoms with Gasteiger partial charge in [-0.25, -0.2) is 4.79 Å². The smallest absolute Gasteiger partial charge is 0.326 e. The minimum Gasteiger partial charge on any atom is -0.480 e. The lowest BCUT2D eigenvalue weighted by Gasteiger charge is -2.29. The van der Waals surface area contributed by atoms with Crippen molar-refractivity contribution in [2.45, 2.75) is 70.1 Å². The number of benzene rings is 2. The third-order valence-electron chi connectivity index (χ3n) is 6.69. The molecule has 1 fully saturated rings. The molecule has 9 heteroatoms. The normalized spacial score (nSPS) is 17.5. The van der Waals surface area contributed by atoms with Crippen LogP contribution < -0.4 is 16.4 Å². The zero-order chi connectivity index (χ0) is 27.7. The number of aliphatic carboxylic acids is 1. The second-order valence-corrected chi connectivity index (χ2v) is 10.3. The van der Waals surface area contributed by atoms with Crippen LogP contribution in [0.2, 0.25) is 0 Å². The minimum absolute atomic E-state index is 0.104. The van der Waals surface area contributed by atoms with Crippen LogP contribution in [0.5, 0.6) is 0 Å². The molecule has 3 rings (SSSR count). The molecule has 5 N–H and O–H groups in total. The van der Waals surface area contributed by atoms with E-state index in [9.17, 15) is 24.3 Å². The van der Waals surface area contributed by atoms with Crippen molar-refractivity contribution < 1.29 is 24.3 Å². The van der Waals surface area contributed by atoms with Crippen molar-refractivity contribution in [1.29, 1.82) is 0 Å². The molecule has 0 aliphatic carbocycles. The summed E-state index contributed by atoms with van der Waals surface area (Å²) in [5.41, 5.74) is 7.69. The highest BCUT2D eigenvalue weighted by Gasteiger charge is 2.38. The van der Waals surface area contributed by atoms with Crippen LogP contribution in [0.3, 0.4) is 0 Å². The molecule has 3 amide bonds. The summed E-state index contributed by atoms with van der Waals surface area (Å²) < 4.78 is 0. The molecule has 9 nitrogen and oxygen atoms in total. The Morgan fingerprint density at radius 3 is 2.00 bits per heavy atom. The first-order chi connectivity index (χ1) is 18.2. The van der Waals surface area contributed by atoms with Crippen LogP contribution in [-0.2, 0) is 32.0 Å². The van der Waals surface area contributed by atoms with Gasteiger partial charge in [-0.3, -0.25) is 14.4 Å². The van der Waals surface area contributed by atoms with E-state index in [1.54, 1.807) is 24.3 Å². The predicted molar refractivity (Wildman–Crippen MR) is 144 cm³/mol. The SMILES string of the molecule is CC(C)C[C@H](N)C(=O)N1CCC[C@H]1C(=O)N[C@@H](Cc1ccccc1)C(=O)N[C@@H](Cc1ccccc1)C(=O)O. The number of nitrogens with zero attached hydrogens (tertiary/aromatic N) is 1. The van der Waals surface area contributed by atoms with Gasteiger partial charge in [-0.2, -0.15) is 0 Å². The Labute approximate surface area is 223 Å². The summed E-state index contributed by atoms with van der Waals surface area (Å²) >= 11 is 0. The molecule has 4 atom stereocenters. The average molecular weight is 523 g/mol. The maximum Gasteiger partial charge on any atom is 0.326 e. The highest BCUT2D eigenvalue weighted by molar-refractivity contribution is 5.94. The maximum absolute atomic E-state index is 13.4. The van der Waals surface area contributed by atoms with E-state index >= 15 is 0 Å². The van der Waals surface area contributed by atoms with Gasteiger partial charge in [-0.05, 0) is 36.3 Å². The number of carbonyl (C=O) groups excluding carboxylic acids is 3. The zero-order valence-electron chi connectivity index (χ0n) is 22.0. The maximum atomic E-state index is 13.4. The summed E-state index contributed by atoms with van der Waals surface area (Å²) in [6.45, 7) is 4.39. The van der Waals surface area contributed by atoms with Gasteiger partial charge in [0.25, 0.3) is 0 Å². The molecular weight excluding hydrogens is 484 g/mol. The first kappa shape index (κ1) is 28.8. The highest BCUT2D eigenvalue weighted by atomic mass is 16.4. The van der Waals surface area contributed by atoms with Gasteiger partial charge in [-0.15, -0.1) is 0 Å². The third-order valence-corrected chi connectivity index (χ3v) is 6.69. The Morgan fingerprint density at radius 1 is 0.921 bits per heavy atom. The van der Waals surface area contributed by atoms with Gasteiger partial charge in [0.15, 0.2) is 0 Å². The van der Waals surface area contributed by atoms with Crippen LogP contribution >= 0.6 is 0 Å². The molecule has 0 bridgehead atoms. The van der Waals surface area contributed by atoms with Crippen LogP contribution in [0.15, 0.2) is 60.7 Å². The lowest BCUT2D eigenvalue weighted by atomic mass is 10.0. The Bertz CT molecular complexity index is 1090. The summed E-state index contributed by atoms with van der Waals surface area (Å²) in [5.74, 6) is -2.25. The van der Waals surface area contributed by atoms with E-state index in [1.807, 2.05) is 50.2 Å². The van der Waals surface area contributed by atoms with Gasteiger partial charge < -0.3 is 26.4 Å². The molecule has 2 aromatic carbocycles. The number of carboxylic acid groups (broad SMARTS) is 1. The van der Waals surface area contributed by atoms with Gasteiger partial charge in [-0.1, -0.05) is 74.5 Å². The molecule has 0 radical (unpaired) electrons. The molecule has 1 saturated heterocycles. The molecule has 0 aromatic heterocycles. The lowest BCUT2D eigenvalue weighted by molar-refractivity contribution is -0.143. The molecule has 1 aliphatic rings. The fourth-order valence-corrected chi connectivity index (χ4v) is 4.77. The second kappa shape index (κ2) is 13.7. The standard InChI is InChI=1S/C29H38N4O5/c1-19(2)16-22(30)28(36)33-15-9-14-25(33)27(35)31-23(17-20-10-5-3-6-11-20)26(34)32-24(29(37)38)18-21-12-7-4-8-13-21/h3-8,10-13,19,22-25H,9,14-18,30H2,1-2H3,(H,31,35)(H,32,34)(H,37,38)/t22-,23-,24-,25-/m0/s1. The molecular formula is C29H38N4O5. The lowest BCUT2D eigenvalue weighted by Crippen LogP contribution is -2.57. The topological polar surface area (TPSA) is 142 Å². The minimum atomic E-state index is -1.17. The van der Waals surface area contributed by atoms with E-state index in [0.29, 0.717) is 25.8 Å². The van der Waals surface area contributed by atoms with E-state index in [4.69, 9.17) is 5.73 Å². The number of nitrogens with two attached hydrogens (primary N) is 1. The van der Waals surface area contributed by atoms with Gasteiger partial charge in [0.2, 0.25) is 17.7 Å². The van der Waals surface area contributed by atoms with Gasteiger partial charge in [0, 0.05) is 19.4 Å². The van der Waals surface area contributed by atoms with Crippen LogP contribution in [0, 0.1) is 5.92 Å². The summed E-state index contributed by atoms with van der Waals surface area (Å²) in [6.07, 6.45) is 1.92. The molecule has 38 heavy (non-hydrogen) atoms. The van der Waals surface area contributed by atoms with E-state index in [1.165, 1.54) is 4.90 Å². The van der Waals surface area contributed by atoms with E-state index in [-0.39, 0.29) is 24.7 Å². The summed E-state index contributed by atoms with van der Waals surface area (Å²) in [4.78, 5) is 53.2. The van der Waals surface area contributed by atoms with Crippen molar-refractivity contribution in [2.24, 2.45) is 11.7 Å². The van der Waals surface area contributed by atoms with Gasteiger partial charge in [0.05, 0.1) is 6.04 Å². The van der Waals surface area contributed by atoms with E-state index in [2.05, 4.69) is 10.6 Å². The third kappa shape index (κ3) is 8.14. The Hall–Kier alpha value is -3.72. The fourth-order valence-electron chi connectivity index (χ4n) is 4.77. The fraction of sp³-hybridized carbons (Fsp3) is 0.448. The number of hydrogen-bond donors (Lipinski definition) is 4. The largest absolute Gasteiger partial charge is 0.480 e. The summed E-state index contributed by atoms with van der Waals surface area (Å²) in [6, 6.07) is 14.6. The van der Waals surface area contributed by atoms with Crippen LogP contribution in [-0.4, -0.2) is 64.4 Å². The van der Waals surface area contributed by atoms with Crippen molar-refractivity contribution in [3.8, 4) is 0 Å². The highest BCUT2D eigenvalue weighted by Crippen LogP contribution is 2.20. The molecule has 2 aromatic rings. The van der Waals surface area contributed by atoms with Crippen molar-refractivity contribution in [3.05, 3.63) is 71.8 Å². The Morgan fingerprint density at radius 2 is 1.47 bits per heavy atom. The summed E-state index contributed by atoms with van der Waals surface area (Å²) in [7, 11) is 0. The van der Waals surface area contributed by atoms with Crippen molar-refractivity contribution in [3.63, 3.8) is 0 Å². The van der Waals surface area contributed by atoms with Crippen LogP contribution in [0.1, 0.15) is 44.2 Å². The first-order valence-corrected chi connectivity index (χ1v) is 13.1. The number of hydrogen-bond acceptors (Lipinski definition) is 5. The predicted octanol–water partition coefficient (Wildman–Crippen LogP) is 1.89. The molecule has 0 saturated carbocycles. The Balaban J connectivity index is 1.75. The number of carbonyl (C=O) groups is 4. The van der Waals surface area contributed by atoms with Crippen molar-refractivity contribution >= 4 is 23.7 Å². The number of amides is 3. The van der Waals surface area contributed by atoms with Crippen molar-refractivity contribution in [1.82, 2.24) is 15.5 Å². The van der Waals surface area contributed by atoms with E-state index < -0.39 is 42.0 Å². The number of nitrogens with one attached hydrogen (secondary N) is 2. The molecule has 1 heterocycles. The molecule has 1 aliphatic heterocycles. The van der Waals surface area contributed by atoms with Crippen LogP contribution in [0.4, 0.5) is 0 Å². The first-order valence-electron chi connectivity index (χ1n) is 13.1. The van der Waals surface area contributed by atoms with Gasteiger partial charge in [0.1, 0.15) is 18.1 Å². The zero-order valence-corrected chi connectivity index (χ0v) is 22.0. The van der Waals surface area contributed by atoms with Crippen LogP contribution in [0.25, 0.3) is 0 Å². The van der Waals surface area contributed by atoms with Gasteiger partial charge >= 0.3 is 5.97 Å². The number of carboxylic acids is 1. The Kier molecular flexibility index (Phi) is 10.4. The molecule has 0 unspecified atom stereocenters. The quantitative estimate of drug-likeness (QED) is 0.335. The number of likely N-dealkylation sites (tertiary alicyclic amines) is 1. The van der Waals surface area contributed by atoms with Crippen molar-refractivity contribution in [2.75, 3.05) is 6.54 Å². The van der Waals surface area contributed by atoms with E-state index in [0.717, 1.165) is 11.1 Å². The molecule has 204 valence electrons. The second-order valence-electron chi connectivity index (χ2n) is 10.3. The molecule has 0 spiro atoms. The summed E-state index contributed by atoms with van der Waals surface area (Å²) in [5, 5.41) is 15.2. The number of rotatable bonds is 12.